The van der Waals surface area contributed by atoms with Crippen molar-refractivity contribution in [2.75, 3.05) is 13.7 Å². The van der Waals surface area contributed by atoms with E-state index in [2.05, 4.69) is 15.0 Å². The molecule has 0 radical (unpaired) electrons. The topological polar surface area (TPSA) is 90.3 Å². The molecule has 7 nitrogen and oxygen atoms in total. The van der Waals surface area contributed by atoms with Gasteiger partial charge in [0.15, 0.2) is 0 Å². The number of aryl methyl sites for hydroxylation is 1. The fourth-order valence-electron chi connectivity index (χ4n) is 1.82. The summed E-state index contributed by atoms with van der Waals surface area (Å²) in [5.41, 5.74) is 0.426. The largest absolute Gasteiger partial charge is 0.468 e. The normalized spacial score (nSPS) is 10.3. The summed E-state index contributed by atoms with van der Waals surface area (Å²) < 4.78 is 5.79. The molecule has 0 aliphatic rings. The van der Waals surface area contributed by atoms with Crippen molar-refractivity contribution < 1.29 is 14.3 Å². The number of benzene rings is 1. The Bertz CT molecular complexity index is 723. The van der Waals surface area contributed by atoms with E-state index in [0.717, 1.165) is 0 Å². The maximum atomic E-state index is 12.2. The number of fused-ring (bicyclic) bond motifs is 1. The molecule has 1 N–H and O–H groups in total. The van der Waals surface area contributed by atoms with E-state index in [1.807, 2.05) is 0 Å². The molecule has 1 heterocycles. The van der Waals surface area contributed by atoms with Gasteiger partial charge in [0.2, 0.25) is 5.91 Å². The van der Waals surface area contributed by atoms with Crippen molar-refractivity contribution in [3.05, 3.63) is 40.9 Å². The number of nitrogens with one attached hydrogen (secondary N) is 1. The summed E-state index contributed by atoms with van der Waals surface area (Å²) in [6, 6.07) is 7.01. The van der Waals surface area contributed by atoms with Gasteiger partial charge in [-0.05, 0) is 12.1 Å². The highest BCUT2D eigenvalue weighted by Gasteiger charge is 2.07. The number of carbonyl (C=O) groups is 2. The molecular formula is C14H15N3O4. The van der Waals surface area contributed by atoms with E-state index in [1.165, 1.54) is 18.0 Å². The molecule has 1 aromatic heterocycles. The first-order chi connectivity index (χ1) is 10.1. The monoisotopic (exact) mass is 289 g/mol. The van der Waals surface area contributed by atoms with Crippen molar-refractivity contribution in [2.45, 2.75) is 13.0 Å². The van der Waals surface area contributed by atoms with Gasteiger partial charge in [0, 0.05) is 13.0 Å². The van der Waals surface area contributed by atoms with Crippen LogP contribution in [0, 0.1) is 0 Å². The molecule has 1 aromatic carbocycles. The van der Waals surface area contributed by atoms with Gasteiger partial charge < -0.3 is 10.1 Å². The fourth-order valence-corrected chi connectivity index (χ4v) is 1.82. The SMILES string of the molecule is COC(=O)CNC(=O)CCn1cnc2ccccc2c1=O. The molecular weight excluding hydrogens is 274 g/mol. The van der Waals surface area contributed by atoms with Gasteiger partial charge in [-0.1, -0.05) is 12.1 Å². The summed E-state index contributed by atoms with van der Waals surface area (Å²) in [6.45, 7) is 0.0177. The van der Waals surface area contributed by atoms with Gasteiger partial charge in [-0.15, -0.1) is 0 Å². The number of esters is 1. The van der Waals surface area contributed by atoms with Crippen molar-refractivity contribution in [3.8, 4) is 0 Å². The van der Waals surface area contributed by atoms with Crippen LogP contribution in [0.5, 0.6) is 0 Å². The molecule has 0 bridgehead atoms. The molecule has 1 amide bonds. The second-order valence-electron chi connectivity index (χ2n) is 4.36. The van der Waals surface area contributed by atoms with Crippen LogP contribution in [0.15, 0.2) is 35.4 Å². The van der Waals surface area contributed by atoms with Crippen molar-refractivity contribution in [3.63, 3.8) is 0 Å². The minimum Gasteiger partial charge on any atom is -0.468 e. The lowest BCUT2D eigenvalue weighted by molar-refractivity contribution is -0.141. The summed E-state index contributed by atoms with van der Waals surface area (Å²) in [5, 5.41) is 2.92. The van der Waals surface area contributed by atoms with Crippen molar-refractivity contribution in [1.29, 1.82) is 0 Å². The minimum atomic E-state index is -0.520. The van der Waals surface area contributed by atoms with E-state index in [9.17, 15) is 14.4 Å². The van der Waals surface area contributed by atoms with E-state index in [1.54, 1.807) is 24.3 Å². The predicted molar refractivity (Wildman–Crippen MR) is 75.6 cm³/mol. The van der Waals surface area contributed by atoms with Gasteiger partial charge in [0.05, 0.1) is 24.3 Å². The van der Waals surface area contributed by atoms with Crippen molar-refractivity contribution in [2.24, 2.45) is 0 Å². The number of rotatable bonds is 5. The zero-order chi connectivity index (χ0) is 15.2. The highest BCUT2D eigenvalue weighted by atomic mass is 16.5. The maximum Gasteiger partial charge on any atom is 0.325 e. The lowest BCUT2D eigenvalue weighted by atomic mass is 10.2. The van der Waals surface area contributed by atoms with Crippen LogP contribution >= 0.6 is 0 Å². The average Bonchev–Trinajstić information content (AvgIpc) is 2.52. The van der Waals surface area contributed by atoms with E-state index in [4.69, 9.17) is 0 Å². The quantitative estimate of drug-likeness (QED) is 0.787. The zero-order valence-electron chi connectivity index (χ0n) is 11.5. The third kappa shape index (κ3) is 3.65. The number of hydrogen-bond acceptors (Lipinski definition) is 5. The molecule has 0 saturated heterocycles. The van der Waals surface area contributed by atoms with Crippen LogP contribution in [-0.4, -0.2) is 35.1 Å². The number of nitrogens with zero attached hydrogens (tertiary/aromatic N) is 2. The highest BCUT2D eigenvalue weighted by Crippen LogP contribution is 2.04. The minimum absolute atomic E-state index is 0.0803. The van der Waals surface area contributed by atoms with E-state index in [0.29, 0.717) is 10.9 Å². The van der Waals surface area contributed by atoms with Crippen molar-refractivity contribution in [1.82, 2.24) is 14.9 Å². The molecule has 7 heteroatoms. The standard InChI is InChI=1S/C14H15N3O4/c1-21-13(19)8-15-12(18)6-7-17-9-16-11-5-3-2-4-10(11)14(17)20/h2-5,9H,6-8H2,1H3,(H,15,18). The summed E-state index contributed by atoms with van der Waals surface area (Å²) in [5.74, 6) is -0.853. The molecule has 0 unspecified atom stereocenters. The van der Waals surface area contributed by atoms with Gasteiger partial charge in [-0.3, -0.25) is 19.0 Å². The lowest BCUT2D eigenvalue weighted by Gasteiger charge is -2.07. The Balaban J connectivity index is 2.01. The second kappa shape index (κ2) is 6.65. The van der Waals surface area contributed by atoms with Crippen LogP contribution in [0.1, 0.15) is 6.42 Å². The summed E-state index contributed by atoms with van der Waals surface area (Å²) in [6.07, 6.45) is 1.50. The van der Waals surface area contributed by atoms with Crippen LogP contribution in [-0.2, 0) is 20.9 Å². The highest BCUT2D eigenvalue weighted by molar-refractivity contribution is 5.81. The molecule has 0 atom stereocenters. The van der Waals surface area contributed by atoms with Crippen LogP contribution in [0.4, 0.5) is 0 Å². The van der Waals surface area contributed by atoms with Gasteiger partial charge in [-0.25, -0.2) is 4.98 Å². The molecule has 0 spiro atoms. The first-order valence-corrected chi connectivity index (χ1v) is 6.39. The number of amides is 1. The number of ether oxygens (including phenoxy) is 1. The van der Waals surface area contributed by atoms with Crippen LogP contribution in [0.2, 0.25) is 0 Å². The second-order valence-corrected chi connectivity index (χ2v) is 4.36. The lowest BCUT2D eigenvalue weighted by Crippen LogP contribution is -2.31. The molecule has 2 rings (SSSR count). The van der Waals surface area contributed by atoms with Gasteiger partial charge >= 0.3 is 5.97 Å². The van der Waals surface area contributed by atoms with Gasteiger partial charge in [0.1, 0.15) is 6.54 Å². The summed E-state index contributed by atoms with van der Waals surface area (Å²) in [4.78, 5) is 38.8. The number of carbonyl (C=O) groups excluding carboxylic acids is 2. The van der Waals surface area contributed by atoms with Gasteiger partial charge in [-0.2, -0.15) is 0 Å². The number of hydrogen-bond donors (Lipinski definition) is 1. The fraction of sp³-hybridized carbons (Fsp3) is 0.286. The Morgan fingerprint density at radius 3 is 2.86 bits per heavy atom. The Kier molecular flexibility index (Phi) is 4.65. The predicted octanol–water partition coefficient (Wildman–Crippen LogP) is 0.0758. The Labute approximate surface area is 120 Å². The van der Waals surface area contributed by atoms with E-state index >= 15 is 0 Å². The first-order valence-electron chi connectivity index (χ1n) is 6.39. The Morgan fingerprint density at radius 1 is 1.33 bits per heavy atom. The van der Waals surface area contributed by atoms with E-state index in [-0.39, 0.29) is 31.0 Å². The molecule has 0 aliphatic heterocycles. The Hall–Kier alpha value is -2.70. The third-order valence-electron chi connectivity index (χ3n) is 2.97. The number of methoxy groups -OCH3 is 1. The molecule has 2 aromatic rings. The first kappa shape index (κ1) is 14.7. The van der Waals surface area contributed by atoms with E-state index < -0.39 is 5.97 Å². The summed E-state index contributed by atoms with van der Waals surface area (Å²) >= 11 is 0. The molecule has 110 valence electrons. The zero-order valence-corrected chi connectivity index (χ0v) is 11.5. The van der Waals surface area contributed by atoms with Gasteiger partial charge in [0.25, 0.3) is 5.56 Å². The number of para-hydroxylation sites is 1. The van der Waals surface area contributed by atoms with Crippen LogP contribution in [0.25, 0.3) is 10.9 Å². The van der Waals surface area contributed by atoms with Crippen LogP contribution < -0.4 is 10.9 Å². The van der Waals surface area contributed by atoms with Crippen LogP contribution in [0.3, 0.4) is 0 Å². The average molecular weight is 289 g/mol. The maximum absolute atomic E-state index is 12.2. The molecule has 0 saturated carbocycles. The molecule has 21 heavy (non-hydrogen) atoms. The summed E-state index contributed by atoms with van der Waals surface area (Å²) in [7, 11) is 1.24. The number of aromatic nitrogens is 2. The molecule has 0 fully saturated rings. The van der Waals surface area contributed by atoms with Crippen molar-refractivity contribution >= 4 is 22.8 Å². The third-order valence-corrected chi connectivity index (χ3v) is 2.97. The molecule has 0 aliphatic carbocycles. The smallest absolute Gasteiger partial charge is 0.325 e. The Morgan fingerprint density at radius 2 is 2.10 bits per heavy atom.